The van der Waals surface area contributed by atoms with E-state index in [-0.39, 0.29) is 24.4 Å². The molecule has 1 aliphatic rings. The molecule has 1 heterocycles. The normalized spacial score (nSPS) is 18.9. The van der Waals surface area contributed by atoms with Gasteiger partial charge in [-0.3, -0.25) is 9.59 Å². The molecular weight excluding hydrogens is 354 g/mol. The highest BCUT2D eigenvalue weighted by atomic mass is 16.5. The molecule has 2 amide bonds. The van der Waals surface area contributed by atoms with E-state index in [0.29, 0.717) is 11.3 Å². The molecule has 0 radical (unpaired) electrons. The van der Waals surface area contributed by atoms with E-state index in [0.717, 1.165) is 31.7 Å². The SMILES string of the molecule is CN(C(=O)CNC(=O)c1ccc(Oc2ccccc2)cc1)C1CC[NH+](C)CC1. The Hall–Kier alpha value is -2.86. The van der Waals surface area contributed by atoms with E-state index in [1.54, 1.807) is 29.2 Å². The Morgan fingerprint density at radius 1 is 1.04 bits per heavy atom. The Bertz CT molecular complexity index is 784. The number of likely N-dealkylation sites (tertiary alicyclic amines) is 1. The average molecular weight is 382 g/mol. The number of quaternary nitrogens is 1. The zero-order valence-corrected chi connectivity index (χ0v) is 16.5. The number of ether oxygens (including phenoxy) is 1. The number of para-hydroxylation sites is 1. The van der Waals surface area contributed by atoms with Crippen molar-refractivity contribution in [3.63, 3.8) is 0 Å². The number of nitrogens with one attached hydrogen (secondary N) is 2. The van der Waals surface area contributed by atoms with Gasteiger partial charge in [-0.1, -0.05) is 18.2 Å². The van der Waals surface area contributed by atoms with Crippen molar-refractivity contribution in [2.24, 2.45) is 0 Å². The average Bonchev–Trinajstić information content (AvgIpc) is 2.73. The maximum atomic E-state index is 12.4. The molecule has 3 rings (SSSR count). The van der Waals surface area contributed by atoms with Gasteiger partial charge in [0.25, 0.3) is 5.91 Å². The molecule has 28 heavy (non-hydrogen) atoms. The lowest BCUT2D eigenvalue weighted by molar-refractivity contribution is -0.885. The third kappa shape index (κ3) is 5.33. The lowest BCUT2D eigenvalue weighted by atomic mass is 10.0. The first-order valence-corrected chi connectivity index (χ1v) is 9.71. The molecule has 0 bridgehead atoms. The Morgan fingerprint density at radius 2 is 1.64 bits per heavy atom. The molecule has 2 N–H and O–H groups in total. The van der Waals surface area contributed by atoms with E-state index in [1.165, 1.54) is 4.90 Å². The minimum atomic E-state index is -0.263. The largest absolute Gasteiger partial charge is 0.457 e. The first kappa shape index (κ1) is 19.9. The Morgan fingerprint density at radius 3 is 2.29 bits per heavy atom. The number of amides is 2. The fourth-order valence-corrected chi connectivity index (χ4v) is 3.37. The summed E-state index contributed by atoms with van der Waals surface area (Å²) < 4.78 is 5.72. The van der Waals surface area contributed by atoms with Crippen LogP contribution in [0, 0.1) is 0 Å². The van der Waals surface area contributed by atoms with Crippen LogP contribution >= 0.6 is 0 Å². The van der Waals surface area contributed by atoms with Gasteiger partial charge in [0.05, 0.1) is 26.7 Å². The molecule has 1 aliphatic heterocycles. The maximum Gasteiger partial charge on any atom is 0.251 e. The standard InChI is InChI=1S/C22H27N3O3/c1-24-14-12-18(13-15-24)25(2)21(26)16-23-22(27)17-8-10-20(11-9-17)28-19-6-4-3-5-7-19/h3-11,18H,12-16H2,1-2H3,(H,23,27)/p+1. The molecule has 6 heteroatoms. The number of hydrogen-bond acceptors (Lipinski definition) is 3. The molecule has 0 aromatic heterocycles. The Balaban J connectivity index is 1.48. The number of likely N-dealkylation sites (N-methyl/N-ethyl adjacent to an activating group) is 1. The summed E-state index contributed by atoms with van der Waals surface area (Å²) in [7, 11) is 4.00. The van der Waals surface area contributed by atoms with Gasteiger partial charge in [0.2, 0.25) is 5.91 Å². The van der Waals surface area contributed by atoms with Crippen molar-refractivity contribution in [3.05, 3.63) is 60.2 Å². The molecule has 2 aromatic carbocycles. The number of rotatable bonds is 6. The number of piperidine rings is 1. The predicted molar refractivity (Wildman–Crippen MR) is 108 cm³/mol. The van der Waals surface area contributed by atoms with Gasteiger partial charge in [0.15, 0.2) is 0 Å². The molecule has 2 aromatic rings. The molecule has 0 aliphatic carbocycles. The van der Waals surface area contributed by atoms with Gasteiger partial charge in [-0.05, 0) is 36.4 Å². The highest BCUT2D eigenvalue weighted by Crippen LogP contribution is 2.21. The van der Waals surface area contributed by atoms with Crippen LogP contribution in [0.5, 0.6) is 11.5 Å². The highest BCUT2D eigenvalue weighted by Gasteiger charge is 2.25. The summed E-state index contributed by atoms with van der Waals surface area (Å²) in [6.07, 6.45) is 2.01. The van der Waals surface area contributed by atoms with Crippen LogP contribution in [0.3, 0.4) is 0 Å². The van der Waals surface area contributed by atoms with Crippen molar-refractivity contribution in [1.82, 2.24) is 10.2 Å². The lowest BCUT2D eigenvalue weighted by Crippen LogP contribution is -3.10. The number of nitrogens with zero attached hydrogens (tertiary/aromatic N) is 1. The van der Waals surface area contributed by atoms with Gasteiger partial charge >= 0.3 is 0 Å². The first-order chi connectivity index (χ1) is 13.5. The summed E-state index contributed by atoms with van der Waals surface area (Å²) in [6, 6.07) is 16.6. The quantitative estimate of drug-likeness (QED) is 0.793. The summed E-state index contributed by atoms with van der Waals surface area (Å²) in [4.78, 5) is 28.0. The Labute approximate surface area is 166 Å². The van der Waals surface area contributed by atoms with Crippen LogP contribution in [0.25, 0.3) is 0 Å². The smallest absolute Gasteiger partial charge is 0.251 e. The summed E-state index contributed by atoms with van der Waals surface area (Å²) in [5, 5.41) is 2.72. The van der Waals surface area contributed by atoms with E-state index >= 15 is 0 Å². The van der Waals surface area contributed by atoms with Crippen LogP contribution in [0.1, 0.15) is 23.2 Å². The summed E-state index contributed by atoms with van der Waals surface area (Å²) in [5.74, 6) is 1.08. The minimum absolute atomic E-state index is 0.0107. The van der Waals surface area contributed by atoms with E-state index in [4.69, 9.17) is 4.74 Å². The molecule has 1 saturated heterocycles. The van der Waals surface area contributed by atoms with Crippen molar-refractivity contribution in [2.75, 3.05) is 33.7 Å². The van der Waals surface area contributed by atoms with Crippen LogP contribution in [-0.4, -0.2) is 56.5 Å². The fourth-order valence-electron chi connectivity index (χ4n) is 3.37. The van der Waals surface area contributed by atoms with Crippen molar-refractivity contribution < 1.29 is 19.2 Å². The minimum Gasteiger partial charge on any atom is -0.457 e. The third-order valence-electron chi connectivity index (χ3n) is 5.25. The Kier molecular flexibility index (Phi) is 6.66. The van der Waals surface area contributed by atoms with Crippen LogP contribution in [0.4, 0.5) is 0 Å². The summed E-state index contributed by atoms with van der Waals surface area (Å²) in [5.41, 5.74) is 0.499. The number of hydrogen-bond donors (Lipinski definition) is 2. The zero-order valence-electron chi connectivity index (χ0n) is 16.5. The lowest BCUT2D eigenvalue weighted by Gasteiger charge is -2.33. The molecule has 0 atom stereocenters. The maximum absolute atomic E-state index is 12.4. The van der Waals surface area contributed by atoms with Crippen molar-refractivity contribution in [2.45, 2.75) is 18.9 Å². The van der Waals surface area contributed by atoms with E-state index < -0.39 is 0 Å². The van der Waals surface area contributed by atoms with Gasteiger partial charge in [-0.15, -0.1) is 0 Å². The van der Waals surface area contributed by atoms with Crippen LogP contribution in [-0.2, 0) is 4.79 Å². The molecular formula is C22H28N3O3+. The van der Waals surface area contributed by atoms with Crippen LogP contribution in [0.2, 0.25) is 0 Å². The second-order valence-electron chi connectivity index (χ2n) is 7.32. The zero-order chi connectivity index (χ0) is 19.9. The molecule has 1 fully saturated rings. The second kappa shape index (κ2) is 9.37. The molecule has 148 valence electrons. The number of benzene rings is 2. The number of carbonyl (C=O) groups is 2. The van der Waals surface area contributed by atoms with Gasteiger partial charge in [0, 0.05) is 31.5 Å². The summed E-state index contributed by atoms with van der Waals surface area (Å²) in [6.45, 7) is 2.16. The van der Waals surface area contributed by atoms with Gasteiger partial charge < -0.3 is 19.9 Å². The van der Waals surface area contributed by atoms with Gasteiger partial charge in [-0.25, -0.2) is 0 Å². The van der Waals surface area contributed by atoms with Crippen molar-refractivity contribution in [1.29, 1.82) is 0 Å². The monoisotopic (exact) mass is 382 g/mol. The van der Waals surface area contributed by atoms with Crippen molar-refractivity contribution in [3.8, 4) is 11.5 Å². The molecule has 0 unspecified atom stereocenters. The van der Waals surface area contributed by atoms with Crippen LogP contribution < -0.4 is 15.0 Å². The number of carbonyl (C=O) groups excluding carboxylic acids is 2. The third-order valence-corrected chi connectivity index (χ3v) is 5.25. The fraction of sp³-hybridized carbons (Fsp3) is 0.364. The highest BCUT2D eigenvalue weighted by molar-refractivity contribution is 5.96. The van der Waals surface area contributed by atoms with E-state index in [1.807, 2.05) is 37.4 Å². The van der Waals surface area contributed by atoms with Gasteiger partial charge in [0.1, 0.15) is 11.5 Å². The predicted octanol–water partition coefficient (Wildman–Crippen LogP) is 1.34. The van der Waals surface area contributed by atoms with E-state index in [2.05, 4.69) is 12.4 Å². The van der Waals surface area contributed by atoms with Crippen LogP contribution in [0.15, 0.2) is 54.6 Å². The summed E-state index contributed by atoms with van der Waals surface area (Å²) >= 11 is 0. The topological polar surface area (TPSA) is 63.1 Å². The van der Waals surface area contributed by atoms with Crippen molar-refractivity contribution >= 4 is 11.8 Å². The van der Waals surface area contributed by atoms with E-state index in [9.17, 15) is 9.59 Å². The molecule has 0 spiro atoms. The second-order valence-corrected chi connectivity index (χ2v) is 7.32. The van der Waals surface area contributed by atoms with Gasteiger partial charge in [-0.2, -0.15) is 0 Å². The molecule has 0 saturated carbocycles. The first-order valence-electron chi connectivity index (χ1n) is 9.71. The molecule has 6 nitrogen and oxygen atoms in total.